The number of amides is 1. The van der Waals surface area contributed by atoms with Crippen molar-refractivity contribution in [2.45, 2.75) is 39.2 Å². The second kappa shape index (κ2) is 9.90. The van der Waals surface area contributed by atoms with Crippen LogP contribution in [-0.4, -0.2) is 40.4 Å². The molecule has 0 aliphatic carbocycles. The monoisotopic (exact) mass is 458 g/mol. The van der Waals surface area contributed by atoms with Crippen LogP contribution in [0.5, 0.6) is 0 Å². The molecule has 0 saturated carbocycles. The minimum atomic E-state index is -0.00541. The van der Waals surface area contributed by atoms with Crippen LogP contribution in [0.2, 0.25) is 0 Å². The van der Waals surface area contributed by atoms with Crippen LogP contribution in [0.4, 0.5) is 0 Å². The average molecular weight is 458 g/mol. The number of hydrogen-bond donors (Lipinski definition) is 0. The van der Waals surface area contributed by atoms with Gasteiger partial charge in [0.05, 0.1) is 6.10 Å². The van der Waals surface area contributed by atoms with Gasteiger partial charge in [-0.15, -0.1) is 12.1 Å². The number of ether oxygens (including phenoxy) is 1. The number of benzene rings is 1. The predicted octanol–water partition coefficient (Wildman–Crippen LogP) is 4.58. The number of hydrogen-bond acceptors (Lipinski definition) is 3. The zero-order chi connectivity index (χ0) is 21.3. The molecular formula is C25H29MnN3O2. The summed E-state index contributed by atoms with van der Waals surface area (Å²) in [7, 11) is 1.70. The van der Waals surface area contributed by atoms with Crippen LogP contribution in [-0.2, 0) is 28.2 Å². The van der Waals surface area contributed by atoms with Gasteiger partial charge in [-0.3, -0.25) is 4.79 Å². The summed E-state index contributed by atoms with van der Waals surface area (Å²) in [6.45, 7) is 9.64. The van der Waals surface area contributed by atoms with Crippen molar-refractivity contribution in [2.75, 3.05) is 20.2 Å². The Morgan fingerprint density at radius 3 is 2.65 bits per heavy atom. The molecule has 1 aliphatic heterocycles. The molecule has 0 spiro atoms. The Morgan fingerprint density at radius 2 is 1.97 bits per heavy atom. The van der Waals surface area contributed by atoms with E-state index < -0.39 is 0 Å². The molecule has 3 aromatic rings. The second-order valence-electron chi connectivity index (χ2n) is 8.18. The molecule has 1 radical (unpaired) electrons. The van der Waals surface area contributed by atoms with Crippen LogP contribution in [0.3, 0.4) is 0 Å². The van der Waals surface area contributed by atoms with Crippen LogP contribution in [0.1, 0.15) is 58.6 Å². The topological polar surface area (TPSA) is 46.8 Å². The van der Waals surface area contributed by atoms with Gasteiger partial charge in [0.15, 0.2) is 0 Å². The third-order valence-corrected chi connectivity index (χ3v) is 6.12. The molecule has 2 aromatic heterocycles. The summed E-state index contributed by atoms with van der Waals surface area (Å²) in [4.78, 5) is 19.6. The minimum absolute atomic E-state index is 0. The summed E-state index contributed by atoms with van der Waals surface area (Å²) in [5.74, 6) is 1.50. The normalized spacial score (nSPS) is 15.6. The van der Waals surface area contributed by atoms with Gasteiger partial charge in [0.2, 0.25) is 0 Å². The van der Waals surface area contributed by atoms with E-state index in [9.17, 15) is 4.79 Å². The molecule has 1 aliphatic rings. The van der Waals surface area contributed by atoms with Gasteiger partial charge in [-0.2, -0.15) is 43.4 Å². The molecule has 3 heterocycles. The Labute approximate surface area is 195 Å². The van der Waals surface area contributed by atoms with Crippen LogP contribution >= 0.6 is 0 Å². The Bertz CT molecular complexity index is 1050. The molecule has 1 fully saturated rings. The van der Waals surface area contributed by atoms with Crippen molar-refractivity contribution in [1.29, 1.82) is 0 Å². The van der Waals surface area contributed by atoms with Crippen molar-refractivity contribution < 1.29 is 26.6 Å². The number of methoxy groups -OCH3 is 1. The molecule has 4 rings (SSSR count). The summed E-state index contributed by atoms with van der Waals surface area (Å²) < 4.78 is 7.38. The van der Waals surface area contributed by atoms with Crippen molar-refractivity contribution in [3.63, 3.8) is 0 Å². The van der Waals surface area contributed by atoms with Crippen molar-refractivity contribution in [3.05, 3.63) is 83.5 Å². The summed E-state index contributed by atoms with van der Waals surface area (Å²) >= 11 is 0. The molecule has 1 amide bonds. The number of fused-ring (bicyclic) bond motifs is 1. The Morgan fingerprint density at radius 1 is 1.26 bits per heavy atom. The first-order chi connectivity index (χ1) is 14.5. The minimum Gasteiger partial charge on any atom is -0.377 e. The van der Waals surface area contributed by atoms with Crippen LogP contribution in [0.25, 0.3) is 5.65 Å². The Hall–Kier alpha value is -2.27. The number of aromatic nitrogens is 2. The number of carbonyl (C=O) groups is 1. The van der Waals surface area contributed by atoms with E-state index in [4.69, 9.17) is 4.74 Å². The van der Waals surface area contributed by atoms with Crippen LogP contribution in [0.15, 0.2) is 42.7 Å². The number of likely N-dealkylation sites (tertiary alicyclic amines) is 1. The van der Waals surface area contributed by atoms with E-state index in [1.165, 1.54) is 11.5 Å². The Kier molecular flexibility index (Phi) is 7.47. The molecule has 5 nitrogen and oxygen atoms in total. The van der Waals surface area contributed by atoms with Crippen molar-refractivity contribution >= 4 is 11.6 Å². The van der Waals surface area contributed by atoms with Gasteiger partial charge in [-0.1, -0.05) is 6.07 Å². The third-order valence-electron chi connectivity index (χ3n) is 6.12. The number of rotatable bonds is 5. The van der Waals surface area contributed by atoms with E-state index in [-0.39, 0.29) is 29.1 Å². The standard InChI is InChI=1S/C25H29N3O2.Mn/c1-17-7-5-6-8-21(17)14-20-9-11-27(12-10-20)25(29)23-16-28-15-22(19(3)30-4)13-18(2)24(28)26-23;/h5-8,13,15-16,19H,1,9-12,14H2,2-4H3;/q-2;+2. The number of carbonyl (C=O) groups excluding carboxylic acids is 1. The molecule has 0 bridgehead atoms. The molecule has 1 aromatic carbocycles. The number of nitrogens with zero attached hydrogens (tertiary/aromatic N) is 3. The first-order valence-corrected chi connectivity index (χ1v) is 10.5. The first kappa shape index (κ1) is 23.4. The average Bonchev–Trinajstić information content (AvgIpc) is 3.20. The van der Waals surface area contributed by atoms with Crippen molar-refractivity contribution in [2.24, 2.45) is 0 Å². The van der Waals surface area contributed by atoms with Gasteiger partial charge in [-0.25, -0.2) is 4.98 Å². The molecule has 0 N–H and O–H groups in total. The zero-order valence-electron chi connectivity index (χ0n) is 18.4. The molecule has 1 saturated heterocycles. The van der Waals surface area contributed by atoms with Gasteiger partial charge >= 0.3 is 17.1 Å². The fourth-order valence-corrected chi connectivity index (χ4v) is 4.12. The molecule has 1 unspecified atom stereocenters. The van der Waals surface area contributed by atoms with Gasteiger partial charge in [0.1, 0.15) is 11.3 Å². The number of piperidine rings is 1. The van der Waals surface area contributed by atoms with Crippen LogP contribution < -0.4 is 0 Å². The Balaban J connectivity index is 0.00000272. The smallest absolute Gasteiger partial charge is 0.377 e. The fourth-order valence-electron chi connectivity index (χ4n) is 4.12. The van der Waals surface area contributed by atoms with E-state index in [0.717, 1.165) is 54.7 Å². The first-order valence-electron chi connectivity index (χ1n) is 10.5. The number of pyridine rings is 1. The van der Waals surface area contributed by atoms with Crippen molar-refractivity contribution in [1.82, 2.24) is 14.3 Å². The van der Waals surface area contributed by atoms with Gasteiger partial charge in [-0.05, 0) is 44.1 Å². The second-order valence-corrected chi connectivity index (χ2v) is 8.18. The molecule has 31 heavy (non-hydrogen) atoms. The van der Waals surface area contributed by atoms with Crippen LogP contribution in [0, 0.1) is 19.8 Å². The molecule has 163 valence electrons. The molecule has 6 heteroatoms. The van der Waals surface area contributed by atoms with Crippen molar-refractivity contribution in [3.8, 4) is 0 Å². The maximum Gasteiger partial charge on any atom is 2.00 e. The summed E-state index contributed by atoms with van der Waals surface area (Å²) in [6, 6.07) is 10.4. The number of aryl methyl sites for hydroxylation is 1. The van der Waals surface area contributed by atoms with E-state index in [2.05, 4.69) is 36.2 Å². The summed E-state index contributed by atoms with van der Waals surface area (Å²) in [6.07, 6.45) is 6.65. The molecule has 1 atom stereocenters. The maximum absolute atomic E-state index is 13.1. The van der Waals surface area contributed by atoms with E-state index in [1.807, 2.05) is 41.6 Å². The number of imidazole rings is 1. The largest absolute Gasteiger partial charge is 2.00 e. The maximum atomic E-state index is 13.1. The van der Waals surface area contributed by atoms with E-state index in [1.54, 1.807) is 7.11 Å². The van der Waals surface area contributed by atoms with E-state index in [0.29, 0.717) is 5.69 Å². The van der Waals surface area contributed by atoms with Gasteiger partial charge < -0.3 is 20.0 Å². The van der Waals surface area contributed by atoms with Gasteiger partial charge in [0, 0.05) is 19.5 Å². The third kappa shape index (κ3) is 4.98. The van der Waals surface area contributed by atoms with Gasteiger partial charge in [0.25, 0.3) is 5.91 Å². The molecular weight excluding hydrogens is 429 g/mol. The van der Waals surface area contributed by atoms with E-state index >= 15 is 0 Å². The summed E-state index contributed by atoms with van der Waals surface area (Å²) in [5, 5.41) is 0. The SMILES string of the molecule is [CH2-]c1ccccc1C[C-]1CCN(C(=O)c2cn3cc(C(C)OC)cc(C)c3n2)CC1.[Mn+2]. The summed E-state index contributed by atoms with van der Waals surface area (Å²) in [5.41, 5.74) is 5.81. The zero-order valence-corrected chi connectivity index (χ0v) is 19.6. The fraction of sp³-hybridized carbons (Fsp3) is 0.360. The predicted molar refractivity (Wildman–Crippen MR) is 118 cm³/mol. The quantitative estimate of drug-likeness (QED) is 0.415.